The smallest absolute Gasteiger partial charge is 0.410 e. The van der Waals surface area contributed by atoms with Crippen LogP contribution < -0.4 is 15.0 Å². The largest absolute Gasteiger partial charge is 0.486 e. The second-order valence-electron chi connectivity index (χ2n) is 11.5. The summed E-state index contributed by atoms with van der Waals surface area (Å²) >= 11 is 0. The maximum absolute atomic E-state index is 13.3. The van der Waals surface area contributed by atoms with Crippen LogP contribution in [0.25, 0.3) is 10.9 Å². The van der Waals surface area contributed by atoms with Crippen molar-refractivity contribution in [2.45, 2.75) is 65.3 Å². The summed E-state index contributed by atoms with van der Waals surface area (Å²) < 4.78 is 18.9. The first kappa shape index (κ1) is 27.1. The van der Waals surface area contributed by atoms with Crippen molar-refractivity contribution in [3.05, 3.63) is 70.0 Å². The Morgan fingerprint density at radius 1 is 0.974 bits per heavy atom. The quantitative estimate of drug-likeness (QED) is 0.445. The molecule has 0 spiro atoms. The van der Waals surface area contributed by atoms with Gasteiger partial charge >= 0.3 is 6.09 Å². The topological polar surface area (TPSA) is 73.2 Å². The molecule has 2 aromatic carbocycles. The monoisotopic (exact) mass is 533 g/mol. The summed E-state index contributed by atoms with van der Waals surface area (Å²) in [5.74, 6) is 1.41. The first-order valence-corrected chi connectivity index (χ1v) is 13.9. The SMILES string of the molecule is Cc1ccc2c(ccc(=O)n2CCN2CCC(N(C(=O)OCc3ccc4c(c3)OCCO4)C(C)(C)C)CC2)c1. The molecule has 3 aromatic rings. The normalized spacial score (nSPS) is 16.3. The van der Waals surface area contributed by atoms with Crippen molar-refractivity contribution in [1.82, 2.24) is 14.4 Å². The van der Waals surface area contributed by atoms with E-state index in [1.807, 2.05) is 39.8 Å². The summed E-state index contributed by atoms with van der Waals surface area (Å²) in [7, 11) is 0. The molecule has 1 fully saturated rings. The predicted octanol–water partition coefficient (Wildman–Crippen LogP) is 4.98. The summed E-state index contributed by atoms with van der Waals surface area (Å²) in [6.07, 6.45) is 1.42. The minimum absolute atomic E-state index is 0.0286. The molecule has 2 aliphatic heterocycles. The molecule has 208 valence electrons. The van der Waals surface area contributed by atoms with Crippen LogP contribution in [0.3, 0.4) is 0 Å². The molecule has 0 aliphatic carbocycles. The van der Waals surface area contributed by atoms with Gasteiger partial charge in [-0.2, -0.15) is 0 Å². The number of hydrogen-bond donors (Lipinski definition) is 0. The summed E-state index contributed by atoms with van der Waals surface area (Å²) in [5, 5.41) is 1.09. The van der Waals surface area contributed by atoms with Crippen LogP contribution >= 0.6 is 0 Å². The Labute approximate surface area is 230 Å². The lowest BCUT2D eigenvalue weighted by atomic mass is 9.97. The van der Waals surface area contributed by atoms with Crippen LogP contribution in [-0.4, -0.2) is 64.9 Å². The van der Waals surface area contributed by atoms with Gasteiger partial charge in [0.05, 0.1) is 5.52 Å². The van der Waals surface area contributed by atoms with E-state index in [-0.39, 0.29) is 29.8 Å². The van der Waals surface area contributed by atoms with Gasteiger partial charge in [-0.15, -0.1) is 0 Å². The number of benzene rings is 2. The zero-order chi connectivity index (χ0) is 27.6. The van der Waals surface area contributed by atoms with E-state index in [1.54, 1.807) is 6.07 Å². The van der Waals surface area contributed by atoms with Crippen molar-refractivity contribution >= 4 is 17.0 Å². The third kappa shape index (κ3) is 6.22. The Kier molecular flexibility index (Phi) is 7.84. The average molecular weight is 534 g/mol. The minimum atomic E-state index is -0.370. The van der Waals surface area contributed by atoms with Gasteiger partial charge in [0.25, 0.3) is 5.56 Å². The Balaban J connectivity index is 1.18. The standard InChI is InChI=1S/C31H39N3O5/c1-22-5-8-26-24(19-22)7-10-29(35)33(26)16-15-32-13-11-25(12-14-32)34(31(2,3)4)30(36)39-21-23-6-9-27-28(20-23)38-18-17-37-27/h5-10,19-20,25H,11-18,21H2,1-4H3. The number of rotatable bonds is 6. The van der Waals surface area contributed by atoms with E-state index >= 15 is 0 Å². The summed E-state index contributed by atoms with van der Waals surface area (Å²) in [5.41, 5.74) is 2.69. The molecular weight excluding hydrogens is 494 g/mol. The van der Waals surface area contributed by atoms with Crippen LogP contribution in [0.15, 0.2) is 53.3 Å². The molecular formula is C31H39N3O5. The van der Waals surface area contributed by atoms with Crippen molar-refractivity contribution in [3.63, 3.8) is 0 Å². The van der Waals surface area contributed by atoms with Gasteiger partial charge in [0.2, 0.25) is 0 Å². The third-order valence-electron chi connectivity index (χ3n) is 7.60. The fraction of sp³-hybridized carbons (Fsp3) is 0.484. The van der Waals surface area contributed by atoms with Crippen LogP contribution in [0.5, 0.6) is 11.5 Å². The lowest BCUT2D eigenvalue weighted by Crippen LogP contribution is -2.55. The molecule has 1 amide bonds. The molecule has 39 heavy (non-hydrogen) atoms. The highest BCUT2D eigenvalue weighted by Crippen LogP contribution is 2.31. The molecule has 1 saturated heterocycles. The number of fused-ring (bicyclic) bond motifs is 2. The predicted molar refractivity (Wildman–Crippen MR) is 152 cm³/mol. The Hall–Kier alpha value is -3.52. The van der Waals surface area contributed by atoms with Crippen LogP contribution in [0.1, 0.15) is 44.7 Å². The van der Waals surface area contributed by atoms with Crippen molar-refractivity contribution in [1.29, 1.82) is 0 Å². The maximum Gasteiger partial charge on any atom is 0.410 e. The highest BCUT2D eigenvalue weighted by molar-refractivity contribution is 5.79. The number of pyridine rings is 1. The molecule has 5 rings (SSSR count). The van der Waals surface area contributed by atoms with Crippen LogP contribution in [-0.2, 0) is 17.9 Å². The van der Waals surface area contributed by atoms with Gasteiger partial charge in [0, 0.05) is 43.8 Å². The van der Waals surface area contributed by atoms with Crippen molar-refractivity contribution in [2.75, 3.05) is 32.8 Å². The van der Waals surface area contributed by atoms with E-state index in [1.165, 1.54) is 5.56 Å². The molecule has 8 heteroatoms. The molecule has 0 N–H and O–H groups in total. The molecule has 0 atom stereocenters. The number of ether oxygens (including phenoxy) is 3. The summed E-state index contributed by atoms with van der Waals surface area (Å²) in [4.78, 5) is 30.2. The number of nitrogens with zero attached hydrogens (tertiary/aromatic N) is 3. The molecule has 3 heterocycles. The summed E-state index contributed by atoms with van der Waals surface area (Å²) in [6.45, 7) is 12.6. The van der Waals surface area contributed by atoms with Gasteiger partial charge in [-0.25, -0.2) is 4.79 Å². The Morgan fingerprint density at radius 3 is 2.46 bits per heavy atom. The van der Waals surface area contributed by atoms with Gasteiger partial charge in [-0.05, 0) is 81.8 Å². The van der Waals surface area contributed by atoms with Crippen LogP contribution in [0.4, 0.5) is 4.79 Å². The number of carbonyl (C=O) groups excluding carboxylic acids is 1. The fourth-order valence-corrected chi connectivity index (χ4v) is 5.66. The van der Waals surface area contributed by atoms with E-state index in [4.69, 9.17) is 14.2 Å². The van der Waals surface area contributed by atoms with E-state index in [0.717, 1.165) is 54.7 Å². The van der Waals surface area contributed by atoms with Gasteiger partial charge in [-0.1, -0.05) is 17.7 Å². The highest BCUT2D eigenvalue weighted by atomic mass is 16.6. The molecule has 8 nitrogen and oxygen atoms in total. The van der Waals surface area contributed by atoms with Gasteiger partial charge < -0.3 is 28.6 Å². The van der Waals surface area contributed by atoms with E-state index in [2.05, 4.69) is 44.7 Å². The van der Waals surface area contributed by atoms with Crippen LogP contribution in [0.2, 0.25) is 0 Å². The number of likely N-dealkylation sites (tertiary alicyclic amines) is 1. The first-order valence-electron chi connectivity index (χ1n) is 13.9. The van der Waals surface area contributed by atoms with Crippen molar-refractivity contribution < 1.29 is 19.0 Å². The summed E-state index contributed by atoms with van der Waals surface area (Å²) in [6, 6.07) is 15.5. The molecule has 1 aromatic heterocycles. The Bertz CT molecular complexity index is 1390. The number of hydrogen-bond acceptors (Lipinski definition) is 6. The second-order valence-corrected chi connectivity index (χ2v) is 11.5. The average Bonchev–Trinajstić information content (AvgIpc) is 2.91. The van der Waals surface area contributed by atoms with Gasteiger partial charge in [0.1, 0.15) is 19.8 Å². The van der Waals surface area contributed by atoms with Gasteiger partial charge in [0.15, 0.2) is 11.5 Å². The third-order valence-corrected chi connectivity index (χ3v) is 7.60. The molecule has 0 bridgehead atoms. The number of amides is 1. The number of carbonyl (C=O) groups is 1. The van der Waals surface area contributed by atoms with Crippen LogP contribution in [0, 0.1) is 6.92 Å². The van der Waals surface area contributed by atoms with Crippen molar-refractivity contribution in [3.8, 4) is 11.5 Å². The Morgan fingerprint density at radius 2 is 1.72 bits per heavy atom. The first-order chi connectivity index (χ1) is 18.7. The van der Waals surface area contributed by atoms with Crippen molar-refractivity contribution in [2.24, 2.45) is 0 Å². The number of piperidine rings is 1. The van der Waals surface area contributed by atoms with E-state index < -0.39 is 0 Å². The molecule has 0 radical (unpaired) electrons. The number of aromatic nitrogens is 1. The van der Waals surface area contributed by atoms with E-state index in [9.17, 15) is 9.59 Å². The lowest BCUT2D eigenvalue weighted by molar-refractivity contribution is 0.0196. The molecule has 0 saturated carbocycles. The zero-order valence-corrected chi connectivity index (χ0v) is 23.4. The fourth-order valence-electron chi connectivity index (χ4n) is 5.66. The lowest BCUT2D eigenvalue weighted by Gasteiger charge is -2.44. The number of aryl methyl sites for hydroxylation is 1. The zero-order valence-electron chi connectivity index (χ0n) is 23.4. The van der Waals surface area contributed by atoms with E-state index in [0.29, 0.717) is 25.5 Å². The minimum Gasteiger partial charge on any atom is -0.486 e. The molecule has 2 aliphatic rings. The van der Waals surface area contributed by atoms with Gasteiger partial charge in [-0.3, -0.25) is 4.79 Å². The second kappa shape index (κ2) is 11.3. The molecule has 0 unspecified atom stereocenters. The maximum atomic E-state index is 13.3. The highest BCUT2D eigenvalue weighted by Gasteiger charge is 2.36.